The Morgan fingerprint density at radius 1 is 1.17 bits per heavy atom. The summed E-state index contributed by atoms with van der Waals surface area (Å²) < 4.78 is 2.16. The Labute approximate surface area is 170 Å². The van der Waals surface area contributed by atoms with Crippen LogP contribution in [0, 0.1) is 0 Å². The summed E-state index contributed by atoms with van der Waals surface area (Å²) in [6.45, 7) is 6.29. The zero-order valence-electron chi connectivity index (χ0n) is 14.1. The van der Waals surface area contributed by atoms with Crippen LogP contribution in [0.25, 0.3) is 6.08 Å². The maximum atomic E-state index is 3.99. The first kappa shape index (κ1) is 21.7. The van der Waals surface area contributed by atoms with Crippen molar-refractivity contribution >= 4 is 6.08 Å². The van der Waals surface area contributed by atoms with Crippen molar-refractivity contribution < 1.29 is 48.0 Å². The fourth-order valence-corrected chi connectivity index (χ4v) is 8.11. The predicted octanol–water partition coefficient (Wildman–Crippen LogP) is 0.266. The van der Waals surface area contributed by atoms with Crippen molar-refractivity contribution in [2.24, 2.45) is 0 Å². The van der Waals surface area contributed by atoms with Gasteiger partial charge in [0.1, 0.15) is 0 Å². The Morgan fingerprint density at radius 3 is 2.54 bits per heavy atom. The van der Waals surface area contributed by atoms with Gasteiger partial charge in [0.25, 0.3) is 0 Å². The summed E-state index contributed by atoms with van der Waals surface area (Å²) in [5.74, 6) is 0.598. The summed E-state index contributed by atoms with van der Waals surface area (Å²) in [6.07, 6.45) is 19.1. The van der Waals surface area contributed by atoms with Crippen molar-refractivity contribution in [2.45, 2.75) is 41.6 Å². The smallest absolute Gasteiger partial charge is 1.00 e. The van der Waals surface area contributed by atoms with Crippen LogP contribution in [0.15, 0.2) is 64.5 Å². The van der Waals surface area contributed by atoms with Gasteiger partial charge >= 0.3 is 147 Å². The summed E-state index contributed by atoms with van der Waals surface area (Å²) in [6, 6.07) is 8.93. The van der Waals surface area contributed by atoms with E-state index in [0.717, 1.165) is 6.42 Å². The minimum atomic E-state index is -0.691. The average Bonchev–Trinajstić information content (AvgIpc) is 3.12. The molecule has 3 rings (SSSR count). The molecule has 0 saturated heterocycles. The Balaban J connectivity index is 0.00000144. The van der Waals surface area contributed by atoms with Gasteiger partial charge in [-0.15, -0.1) is 0 Å². The number of benzene rings is 1. The van der Waals surface area contributed by atoms with Gasteiger partial charge < -0.3 is 24.8 Å². The fourth-order valence-electron chi connectivity index (χ4n) is 3.50. The molecule has 3 heteroatoms. The maximum absolute atomic E-state index is 3.99. The first-order valence-electron chi connectivity index (χ1n) is 8.34. The molecule has 1 atom stereocenters. The normalized spacial score (nSPS) is 18.9. The van der Waals surface area contributed by atoms with Crippen molar-refractivity contribution in [3.8, 4) is 0 Å². The molecule has 1 aromatic carbocycles. The molecule has 0 nitrogen and oxygen atoms in total. The predicted molar refractivity (Wildman–Crippen MR) is 92.5 cm³/mol. The van der Waals surface area contributed by atoms with E-state index in [-0.39, 0.29) is 24.8 Å². The number of unbranched alkanes of at least 4 members (excludes halogenated alkanes) is 1. The van der Waals surface area contributed by atoms with E-state index in [4.69, 9.17) is 0 Å². The number of hydrogen-bond donors (Lipinski definition) is 0. The van der Waals surface area contributed by atoms with Crippen molar-refractivity contribution in [1.82, 2.24) is 0 Å². The Bertz CT molecular complexity index is 631. The van der Waals surface area contributed by atoms with E-state index in [0.29, 0.717) is 9.04 Å². The molecule has 2 aliphatic rings. The Morgan fingerprint density at radius 2 is 1.88 bits per heavy atom. The Kier molecular flexibility index (Phi) is 8.99. The third-order valence-corrected chi connectivity index (χ3v) is 9.18. The largest absolute Gasteiger partial charge is 1.00 e. The average molecular weight is 439 g/mol. The zero-order chi connectivity index (χ0) is 15.4. The molecular weight excluding hydrogens is 414 g/mol. The molecule has 0 bridgehead atoms. The zero-order valence-corrected chi connectivity index (χ0v) is 18.1. The summed E-state index contributed by atoms with van der Waals surface area (Å²) >= 11 is -0.691. The van der Waals surface area contributed by atoms with Gasteiger partial charge in [-0.25, -0.2) is 0 Å². The monoisotopic (exact) mass is 436 g/mol. The molecule has 0 heterocycles. The molecule has 0 saturated carbocycles. The molecule has 2 aliphatic carbocycles. The SMILES string of the molecule is C=CCC1[C]([Zr+2][C]2(CCCC)C=CC=C2)=Cc2ccccc21.[Cl-].[Cl-]. The molecular formula is C21H24Cl2Zr. The van der Waals surface area contributed by atoms with Crippen molar-refractivity contribution in [3.05, 3.63) is 75.6 Å². The van der Waals surface area contributed by atoms with Crippen molar-refractivity contribution in [2.75, 3.05) is 0 Å². The topological polar surface area (TPSA) is 0 Å². The van der Waals surface area contributed by atoms with Gasteiger partial charge in [-0.3, -0.25) is 0 Å². The minimum Gasteiger partial charge on any atom is -1.00 e. The number of halogens is 2. The summed E-state index contributed by atoms with van der Waals surface area (Å²) in [5.41, 5.74) is 2.97. The number of rotatable bonds is 7. The number of allylic oxidation sites excluding steroid dienone is 6. The summed E-state index contributed by atoms with van der Waals surface area (Å²) in [4.78, 5) is 0. The standard InChI is InChI=1S/C12H11.C9H13.2ClH.Zr/c1-2-5-10-8-9-11-6-3-4-7-12(10)11;1-2-3-6-9-7-4-5-8-9;;;/h2-4,6-7,9-10H,1,5H2;4-5,7-8H,2-3,6H2,1H3;2*1H;/q;;;;+2/p-2. The molecule has 24 heavy (non-hydrogen) atoms. The van der Waals surface area contributed by atoms with Crippen molar-refractivity contribution in [3.63, 3.8) is 0 Å². The van der Waals surface area contributed by atoms with Gasteiger partial charge in [-0.2, -0.15) is 0 Å². The molecule has 0 aliphatic heterocycles. The van der Waals surface area contributed by atoms with E-state index < -0.39 is 23.2 Å². The first-order chi connectivity index (χ1) is 10.8. The molecule has 0 aromatic heterocycles. The molecule has 0 spiro atoms. The van der Waals surface area contributed by atoms with Crippen LogP contribution in [0.2, 0.25) is 3.12 Å². The third kappa shape index (κ3) is 4.63. The van der Waals surface area contributed by atoms with E-state index in [9.17, 15) is 0 Å². The van der Waals surface area contributed by atoms with E-state index in [1.54, 1.807) is 3.28 Å². The molecule has 0 amide bonds. The maximum Gasteiger partial charge on any atom is -1.00 e. The first-order valence-corrected chi connectivity index (χ1v) is 10.8. The van der Waals surface area contributed by atoms with Crippen LogP contribution in [0.1, 0.15) is 49.7 Å². The van der Waals surface area contributed by atoms with E-state index >= 15 is 0 Å². The molecule has 0 N–H and O–H groups in total. The van der Waals surface area contributed by atoms with Gasteiger partial charge in [0.05, 0.1) is 0 Å². The van der Waals surface area contributed by atoms with Crippen LogP contribution in [0.4, 0.5) is 0 Å². The van der Waals surface area contributed by atoms with Gasteiger partial charge in [-0.1, -0.05) is 0 Å². The van der Waals surface area contributed by atoms with E-state index in [2.05, 4.69) is 74.2 Å². The van der Waals surface area contributed by atoms with Gasteiger partial charge in [0, 0.05) is 0 Å². The number of fused-ring (bicyclic) bond motifs is 1. The van der Waals surface area contributed by atoms with Crippen LogP contribution in [0.5, 0.6) is 0 Å². The minimum absolute atomic E-state index is 0. The fraction of sp³-hybridized carbons (Fsp3) is 0.333. The molecule has 1 aromatic rings. The second kappa shape index (κ2) is 9.95. The molecule has 0 radical (unpaired) electrons. The van der Waals surface area contributed by atoms with E-state index in [1.165, 1.54) is 30.4 Å². The van der Waals surface area contributed by atoms with Crippen LogP contribution in [-0.4, -0.2) is 0 Å². The molecule has 0 fully saturated rings. The third-order valence-electron chi connectivity index (χ3n) is 4.68. The Hall–Kier alpha value is -0.357. The second-order valence-corrected chi connectivity index (χ2v) is 10.6. The van der Waals surface area contributed by atoms with Gasteiger partial charge in [0.2, 0.25) is 0 Å². The van der Waals surface area contributed by atoms with Crippen LogP contribution >= 0.6 is 0 Å². The van der Waals surface area contributed by atoms with Gasteiger partial charge in [-0.05, 0) is 0 Å². The molecule has 126 valence electrons. The van der Waals surface area contributed by atoms with Crippen LogP contribution in [-0.2, 0) is 23.2 Å². The number of hydrogen-bond acceptors (Lipinski definition) is 0. The molecule has 1 unspecified atom stereocenters. The van der Waals surface area contributed by atoms with Gasteiger partial charge in [0.15, 0.2) is 0 Å². The summed E-state index contributed by atoms with van der Waals surface area (Å²) in [7, 11) is 0. The van der Waals surface area contributed by atoms with Crippen LogP contribution in [0.3, 0.4) is 0 Å². The van der Waals surface area contributed by atoms with E-state index in [1.807, 2.05) is 0 Å². The second-order valence-electron chi connectivity index (χ2n) is 6.29. The quantitative estimate of drug-likeness (QED) is 0.536. The van der Waals surface area contributed by atoms with Crippen molar-refractivity contribution in [1.29, 1.82) is 0 Å². The summed E-state index contributed by atoms with van der Waals surface area (Å²) in [5, 5.41) is 0. The van der Waals surface area contributed by atoms with Crippen LogP contribution < -0.4 is 24.8 Å².